The van der Waals surface area contributed by atoms with Gasteiger partial charge in [-0.15, -0.1) is 0 Å². The molecule has 0 aliphatic carbocycles. The van der Waals surface area contributed by atoms with Crippen LogP contribution in [-0.2, 0) is 33.2 Å². The van der Waals surface area contributed by atoms with Gasteiger partial charge in [-0.05, 0) is 20.0 Å². The van der Waals surface area contributed by atoms with Crippen molar-refractivity contribution in [2.45, 2.75) is 107 Å². The van der Waals surface area contributed by atoms with Crippen LogP contribution in [0.5, 0.6) is 0 Å². The number of hydrogen-bond donors (Lipinski definition) is 8. The molecule has 0 radical (unpaired) electrons. The van der Waals surface area contributed by atoms with E-state index in [0.717, 1.165) is 13.1 Å². The summed E-state index contributed by atoms with van der Waals surface area (Å²) in [7, 11) is 1.39. The Morgan fingerprint density at radius 1 is 0.674 bits per heavy atom. The molecule has 3 aliphatic rings. The molecule has 3 fully saturated rings. The lowest BCUT2D eigenvalue weighted by atomic mass is 9.89. The predicted molar refractivity (Wildman–Crippen MR) is 146 cm³/mol. The van der Waals surface area contributed by atoms with Crippen LogP contribution in [0.15, 0.2) is 0 Å². The van der Waals surface area contributed by atoms with Crippen molar-refractivity contribution in [1.29, 1.82) is 0 Å². The molecule has 16 nitrogen and oxygen atoms in total. The van der Waals surface area contributed by atoms with Gasteiger partial charge in [0.2, 0.25) is 0 Å². The molecule has 0 aromatic rings. The van der Waals surface area contributed by atoms with Gasteiger partial charge in [0, 0.05) is 19.6 Å². The Hall–Kier alpha value is -0.640. The molecule has 3 rings (SSSR count). The lowest BCUT2D eigenvalue weighted by Crippen LogP contribution is -2.64. The standard InChI is InChI=1S/C27H51NO15/c1-5-28(6-2)7-8-38-11-17-25(22(34)18(30)13(3)40-17)43-27-23(35)19(31)14(10-37-4)16(42-27)12-39-26-24(36)21(33)20(32)15(9-29)41-26/h13-27,29-36H,5-12H2,1-4H3. The van der Waals surface area contributed by atoms with Crippen LogP contribution in [0.4, 0.5) is 0 Å². The van der Waals surface area contributed by atoms with Crippen LogP contribution in [0.2, 0.25) is 0 Å². The van der Waals surface area contributed by atoms with Crippen molar-refractivity contribution in [3.63, 3.8) is 0 Å². The molecule has 0 aromatic heterocycles. The van der Waals surface area contributed by atoms with Gasteiger partial charge in [-0.2, -0.15) is 0 Å². The summed E-state index contributed by atoms with van der Waals surface area (Å²) < 4.78 is 39.9. The van der Waals surface area contributed by atoms with Crippen LogP contribution in [0.3, 0.4) is 0 Å². The second kappa shape index (κ2) is 17.3. The van der Waals surface area contributed by atoms with Gasteiger partial charge in [-0.25, -0.2) is 0 Å². The van der Waals surface area contributed by atoms with E-state index in [2.05, 4.69) is 4.90 Å². The molecule has 3 saturated heterocycles. The fraction of sp³-hybridized carbons (Fsp3) is 1.00. The van der Waals surface area contributed by atoms with Crippen LogP contribution in [0, 0.1) is 5.92 Å². The molecule has 3 heterocycles. The summed E-state index contributed by atoms with van der Waals surface area (Å²) in [5.74, 6) is -0.845. The number of methoxy groups -OCH3 is 1. The molecular weight excluding hydrogens is 578 g/mol. The predicted octanol–water partition coefficient (Wildman–Crippen LogP) is -4.24. The summed E-state index contributed by atoms with van der Waals surface area (Å²) in [6.07, 6.45) is -18.7. The Kier molecular flexibility index (Phi) is 14.8. The molecule has 0 aromatic carbocycles. The van der Waals surface area contributed by atoms with E-state index >= 15 is 0 Å². The lowest BCUT2D eigenvalue weighted by molar-refractivity contribution is -0.349. The first kappa shape index (κ1) is 36.8. The number of aliphatic hydroxyl groups excluding tert-OH is 8. The number of ether oxygens (including phenoxy) is 7. The van der Waals surface area contributed by atoms with Crippen molar-refractivity contribution in [3.8, 4) is 0 Å². The van der Waals surface area contributed by atoms with Crippen LogP contribution in [0.25, 0.3) is 0 Å². The maximum atomic E-state index is 11.0. The van der Waals surface area contributed by atoms with E-state index in [4.69, 9.17) is 33.2 Å². The smallest absolute Gasteiger partial charge is 0.187 e. The first-order valence-corrected chi connectivity index (χ1v) is 14.9. The molecule has 0 amide bonds. The average Bonchev–Trinajstić information content (AvgIpc) is 3.00. The van der Waals surface area contributed by atoms with Gasteiger partial charge >= 0.3 is 0 Å². The molecule has 43 heavy (non-hydrogen) atoms. The zero-order valence-electron chi connectivity index (χ0n) is 25.2. The molecule has 15 atom stereocenters. The Balaban J connectivity index is 1.71. The highest BCUT2D eigenvalue weighted by molar-refractivity contribution is 4.95. The molecule has 254 valence electrons. The Morgan fingerprint density at radius 3 is 1.95 bits per heavy atom. The number of likely N-dealkylation sites (N-methyl/N-ethyl adjacent to an activating group) is 1. The van der Waals surface area contributed by atoms with Gasteiger partial charge in [-0.3, -0.25) is 0 Å². The fourth-order valence-corrected chi connectivity index (χ4v) is 5.57. The maximum Gasteiger partial charge on any atom is 0.187 e. The minimum absolute atomic E-state index is 0.0153. The van der Waals surface area contributed by atoms with Gasteiger partial charge < -0.3 is 78.9 Å². The summed E-state index contributed by atoms with van der Waals surface area (Å²) in [4.78, 5) is 2.17. The molecule has 16 heteroatoms. The monoisotopic (exact) mass is 629 g/mol. The maximum absolute atomic E-state index is 11.0. The molecule has 0 bridgehead atoms. The first-order chi connectivity index (χ1) is 20.5. The van der Waals surface area contributed by atoms with Crippen molar-refractivity contribution in [2.24, 2.45) is 5.92 Å². The highest BCUT2D eigenvalue weighted by Crippen LogP contribution is 2.33. The Labute approximate surface area is 251 Å². The van der Waals surface area contributed by atoms with E-state index in [9.17, 15) is 40.9 Å². The van der Waals surface area contributed by atoms with E-state index in [1.54, 1.807) is 6.92 Å². The number of rotatable bonds is 15. The summed E-state index contributed by atoms with van der Waals surface area (Å²) in [6, 6.07) is 0. The number of hydrogen-bond acceptors (Lipinski definition) is 16. The van der Waals surface area contributed by atoms with Crippen molar-refractivity contribution < 1.29 is 74.0 Å². The zero-order valence-corrected chi connectivity index (χ0v) is 25.2. The largest absolute Gasteiger partial charge is 0.394 e. The molecule has 0 saturated carbocycles. The van der Waals surface area contributed by atoms with Gasteiger partial charge in [0.25, 0.3) is 0 Å². The SMILES string of the molecule is CCN(CC)CCOCC1OC(C)C(O)C(O)C1OC1OC(COC2OC(CO)C(O)C(O)C2O)C(COC)C(O)C1O. The minimum atomic E-state index is -1.66. The molecule has 3 aliphatic heterocycles. The van der Waals surface area contributed by atoms with Gasteiger partial charge in [0.15, 0.2) is 12.6 Å². The third-order valence-electron chi connectivity index (χ3n) is 8.43. The highest BCUT2D eigenvalue weighted by atomic mass is 16.7. The van der Waals surface area contributed by atoms with Crippen LogP contribution >= 0.6 is 0 Å². The average molecular weight is 630 g/mol. The third kappa shape index (κ3) is 9.00. The molecule has 0 spiro atoms. The first-order valence-electron chi connectivity index (χ1n) is 14.9. The Morgan fingerprint density at radius 2 is 1.33 bits per heavy atom. The van der Waals surface area contributed by atoms with E-state index in [0.29, 0.717) is 13.2 Å². The summed E-state index contributed by atoms with van der Waals surface area (Å²) in [5, 5.41) is 83.2. The van der Waals surface area contributed by atoms with Crippen molar-refractivity contribution in [1.82, 2.24) is 4.90 Å². The van der Waals surface area contributed by atoms with Crippen LogP contribution < -0.4 is 0 Å². The minimum Gasteiger partial charge on any atom is -0.394 e. The second-order valence-corrected chi connectivity index (χ2v) is 11.2. The molecule has 15 unspecified atom stereocenters. The van der Waals surface area contributed by atoms with Gasteiger partial charge in [-0.1, -0.05) is 13.8 Å². The third-order valence-corrected chi connectivity index (χ3v) is 8.43. The highest BCUT2D eigenvalue weighted by Gasteiger charge is 2.51. The molecular formula is C27H51NO15. The number of nitrogens with zero attached hydrogens (tertiary/aromatic N) is 1. The van der Waals surface area contributed by atoms with Crippen molar-refractivity contribution in [2.75, 3.05) is 59.8 Å². The molecule has 8 N–H and O–H groups in total. The summed E-state index contributed by atoms with van der Waals surface area (Å²) in [5.41, 5.74) is 0. The lowest BCUT2D eigenvalue weighted by Gasteiger charge is -2.47. The van der Waals surface area contributed by atoms with Gasteiger partial charge in [0.1, 0.15) is 54.9 Å². The van der Waals surface area contributed by atoms with E-state index < -0.39 is 98.4 Å². The van der Waals surface area contributed by atoms with E-state index in [-0.39, 0.29) is 19.8 Å². The van der Waals surface area contributed by atoms with Crippen LogP contribution in [0.1, 0.15) is 20.8 Å². The van der Waals surface area contributed by atoms with Crippen LogP contribution in [-0.4, -0.2) is 191 Å². The quantitative estimate of drug-likeness (QED) is 0.0802. The zero-order chi connectivity index (χ0) is 31.8. The van der Waals surface area contributed by atoms with Crippen molar-refractivity contribution in [3.05, 3.63) is 0 Å². The number of aliphatic hydroxyl groups is 8. The summed E-state index contributed by atoms with van der Waals surface area (Å²) >= 11 is 0. The van der Waals surface area contributed by atoms with Gasteiger partial charge in [0.05, 0.1) is 51.3 Å². The van der Waals surface area contributed by atoms with Crippen molar-refractivity contribution >= 4 is 0 Å². The van der Waals surface area contributed by atoms with E-state index in [1.165, 1.54) is 7.11 Å². The topological polar surface area (TPSA) is 230 Å². The second-order valence-electron chi connectivity index (χ2n) is 11.2. The Bertz CT molecular complexity index is 793. The normalized spacial score (nSPS) is 44.2. The van der Waals surface area contributed by atoms with E-state index in [1.807, 2.05) is 13.8 Å². The fourth-order valence-electron chi connectivity index (χ4n) is 5.57. The summed E-state index contributed by atoms with van der Waals surface area (Å²) in [6.45, 7) is 7.42.